The van der Waals surface area contributed by atoms with Gasteiger partial charge in [-0.3, -0.25) is 9.36 Å². The number of nitrogens with zero attached hydrogens (tertiary/aromatic N) is 2. The Balaban J connectivity index is 1.55. The lowest BCUT2D eigenvalue weighted by atomic mass is 9.99. The van der Waals surface area contributed by atoms with Gasteiger partial charge in [0.1, 0.15) is 17.6 Å². The van der Waals surface area contributed by atoms with Crippen LogP contribution in [0.2, 0.25) is 0 Å². The van der Waals surface area contributed by atoms with E-state index in [0.717, 1.165) is 16.9 Å². The summed E-state index contributed by atoms with van der Waals surface area (Å²) in [6.07, 6.45) is 3.08. The lowest BCUT2D eigenvalue weighted by Crippen LogP contribution is -2.39. The molecule has 0 spiro atoms. The van der Waals surface area contributed by atoms with E-state index in [1.165, 1.54) is 22.7 Å². The molecule has 5 rings (SSSR count). The standard InChI is InChI=1S/C30H28N2O6S2/c1-4-8-21-25(29(35)37-6-3)26(23-9-7-16-39-23)32-27(33)24(40-30(32)31-21)17-20-14-15-22(38-20)18-10-12-19(13-11-18)28(34)36-5-2/h7,9-17,26H,4-6,8H2,1-3H3/b24-17-. The zero-order chi connectivity index (χ0) is 28.2. The zero-order valence-corrected chi connectivity index (χ0v) is 24.0. The number of carbonyl (C=O) groups is 2. The molecule has 206 valence electrons. The monoisotopic (exact) mass is 576 g/mol. The molecule has 0 bridgehead atoms. The Kier molecular flexibility index (Phi) is 8.27. The van der Waals surface area contributed by atoms with E-state index in [4.69, 9.17) is 18.9 Å². The topological polar surface area (TPSA) is 100 Å². The predicted octanol–water partition coefficient (Wildman–Crippen LogP) is 5.08. The summed E-state index contributed by atoms with van der Waals surface area (Å²) in [7, 11) is 0. The van der Waals surface area contributed by atoms with Crippen LogP contribution in [0.25, 0.3) is 17.4 Å². The van der Waals surface area contributed by atoms with E-state index in [1.807, 2.05) is 30.5 Å². The third kappa shape index (κ3) is 5.37. The molecule has 10 heteroatoms. The first-order chi connectivity index (χ1) is 19.4. The predicted molar refractivity (Wildman–Crippen MR) is 154 cm³/mol. The molecule has 0 saturated heterocycles. The molecule has 4 aromatic rings. The molecule has 0 N–H and O–H groups in total. The van der Waals surface area contributed by atoms with Gasteiger partial charge in [0.05, 0.1) is 34.6 Å². The summed E-state index contributed by atoms with van der Waals surface area (Å²) in [5, 5.41) is 1.93. The van der Waals surface area contributed by atoms with E-state index >= 15 is 0 Å². The fourth-order valence-electron chi connectivity index (χ4n) is 4.54. The summed E-state index contributed by atoms with van der Waals surface area (Å²) in [6.45, 7) is 6.10. The molecular weight excluding hydrogens is 548 g/mol. The van der Waals surface area contributed by atoms with Gasteiger partial charge in [0.25, 0.3) is 5.56 Å². The second-order valence-electron chi connectivity index (χ2n) is 8.93. The van der Waals surface area contributed by atoms with Gasteiger partial charge in [0.15, 0.2) is 4.80 Å². The van der Waals surface area contributed by atoms with Gasteiger partial charge in [-0.25, -0.2) is 14.6 Å². The molecule has 8 nitrogen and oxygen atoms in total. The quantitative estimate of drug-likeness (QED) is 0.258. The van der Waals surface area contributed by atoms with Gasteiger partial charge in [-0.2, -0.15) is 0 Å². The normalized spacial score (nSPS) is 15.1. The number of hydrogen-bond acceptors (Lipinski definition) is 9. The van der Waals surface area contributed by atoms with Crippen molar-refractivity contribution in [1.29, 1.82) is 0 Å². The van der Waals surface area contributed by atoms with Gasteiger partial charge >= 0.3 is 11.9 Å². The highest BCUT2D eigenvalue weighted by atomic mass is 32.1. The minimum absolute atomic E-state index is 0.232. The number of hydrogen-bond donors (Lipinski definition) is 0. The second-order valence-corrected chi connectivity index (χ2v) is 10.9. The fourth-order valence-corrected chi connectivity index (χ4v) is 6.36. The highest BCUT2D eigenvalue weighted by molar-refractivity contribution is 7.10. The molecule has 40 heavy (non-hydrogen) atoms. The van der Waals surface area contributed by atoms with Crippen molar-refractivity contribution in [2.45, 2.75) is 39.7 Å². The molecule has 0 radical (unpaired) electrons. The Bertz CT molecular complexity index is 1740. The number of thiazole rings is 1. The van der Waals surface area contributed by atoms with E-state index in [9.17, 15) is 14.4 Å². The molecule has 1 unspecified atom stereocenters. The van der Waals surface area contributed by atoms with Crippen molar-refractivity contribution in [1.82, 2.24) is 4.57 Å². The molecule has 0 saturated carbocycles. The Morgan fingerprint density at radius 1 is 1.02 bits per heavy atom. The smallest absolute Gasteiger partial charge is 0.338 e. The molecule has 4 heterocycles. The molecule has 1 aliphatic heterocycles. The highest BCUT2D eigenvalue weighted by Crippen LogP contribution is 2.34. The number of furan rings is 1. The first kappa shape index (κ1) is 27.5. The summed E-state index contributed by atoms with van der Waals surface area (Å²) in [5.74, 6) is 0.271. The Morgan fingerprint density at radius 2 is 1.77 bits per heavy atom. The first-order valence-corrected chi connectivity index (χ1v) is 14.8. The number of rotatable bonds is 9. The highest BCUT2D eigenvalue weighted by Gasteiger charge is 2.34. The van der Waals surface area contributed by atoms with Crippen molar-refractivity contribution in [2.75, 3.05) is 13.2 Å². The molecule has 0 amide bonds. The molecule has 1 aliphatic rings. The lowest BCUT2D eigenvalue weighted by molar-refractivity contribution is -0.139. The van der Waals surface area contributed by atoms with Crippen molar-refractivity contribution in [2.24, 2.45) is 4.99 Å². The van der Waals surface area contributed by atoms with Crippen LogP contribution >= 0.6 is 22.7 Å². The van der Waals surface area contributed by atoms with Crippen LogP contribution in [0.3, 0.4) is 0 Å². The van der Waals surface area contributed by atoms with Crippen LogP contribution in [0.1, 0.15) is 60.7 Å². The fraction of sp³-hybridized carbons (Fsp3) is 0.267. The number of benzene rings is 1. The van der Waals surface area contributed by atoms with Gasteiger partial charge in [-0.1, -0.05) is 42.9 Å². The third-order valence-corrected chi connectivity index (χ3v) is 8.19. The Labute approximate surface area is 238 Å². The number of esters is 2. The van der Waals surface area contributed by atoms with E-state index < -0.39 is 12.0 Å². The maximum absolute atomic E-state index is 13.8. The molecule has 3 aromatic heterocycles. The minimum Gasteiger partial charge on any atom is -0.463 e. The van der Waals surface area contributed by atoms with Gasteiger partial charge in [0.2, 0.25) is 0 Å². The van der Waals surface area contributed by atoms with E-state index in [1.54, 1.807) is 54.8 Å². The van der Waals surface area contributed by atoms with E-state index in [-0.39, 0.29) is 18.1 Å². The van der Waals surface area contributed by atoms with Crippen LogP contribution in [-0.4, -0.2) is 29.7 Å². The van der Waals surface area contributed by atoms with Gasteiger partial charge in [-0.05, 0) is 56.0 Å². The van der Waals surface area contributed by atoms with Crippen molar-refractivity contribution in [3.8, 4) is 11.3 Å². The number of fused-ring (bicyclic) bond motifs is 1. The SMILES string of the molecule is CCCC1=C(C(=O)OCC)C(c2cccs2)n2c(s/c(=C\c3ccc(-c4ccc(C(=O)OCC)cc4)o3)c2=O)=N1. The molecule has 1 atom stereocenters. The molecule has 1 aromatic carbocycles. The number of thiophene rings is 1. The van der Waals surface area contributed by atoms with Crippen LogP contribution in [0, 0.1) is 0 Å². The lowest BCUT2D eigenvalue weighted by Gasteiger charge is -2.24. The Hall–Kier alpha value is -4.02. The van der Waals surface area contributed by atoms with Crippen molar-refractivity contribution in [3.63, 3.8) is 0 Å². The van der Waals surface area contributed by atoms with Crippen LogP contribution < -0.4 is 14.9 Å². The molecular formula is C30H28N2O6S2. The van der Waals surface area contributed by atoms with Gasteiger partial charge in [0, 0.05) is 16.5 Å². The summed E-state index contributed by atoms with van der Waals surface area (Å²) < 4.78 is 18.5. The van der Waals surface area contributed by atoms with Gasteiger partial charge < -0.3 is 13.9 Å². The van der Waals surface area contributed by atoms with Crippen molar-refractivity contribution in [3.05, 3.63) is 101 Å². The maximum Gasteiger partial charge on any atom is 0.338 e. The number of ether oxygens (including phenoxy) is 2. The number of carbonyl (C=O) groups excluding carboxylic acids is 2. The van der Waals surface area contributed by atoms with E-state index in [2.05, 4.69) is 0 Å². The average molecular weight is 577 g/mol. The van der Waals surface area contributed by atoms with Gasteiger partial charge in [-0.15, -0.1) is 11.3 Å². The molecule has 0 fully saturated rings. The summed E-state index contributed by atoms with van der Waals surface area (Å²) >= 11 is 2.75. The summed E-state index contributed by atoms with van der Waals surface area (Å²) in [4.78, 5) is 45.0. The van der Waals surface area contributed by atoms with Crippen LogP contribution in [0.5, 0.6) is 0 Å². The van der Waals surface area contributed by atoms with Crippen LogP contribution in [0.15, 0.2) is 79.4 Å². The third-order valence-electron chi connectivity index (χ3n) is 6.29. The Morgan fingerprint density at radius 3 is 2.45 bits per heavy atom. The van der Waals surface area contributed by atoms with E-state index in [0.29, 0.717) is 50.7 Å². The number of aromatic nitrogens is 1. The van der Waals surface area contributed by atoms with Crippen LogP contribution in [0.4, 0.5) is 0 Å². The number of allylic oxidation sites excluding steroid dienone is 1. The molecule has 0 aliphatic carbocycles. The second kappa shape index (κ2) is 12.0. The maximum atomic E-state index is 13.8. The summed E-state index contributed by atoms with van der Waals surface area (Å²) in [5.41, 5.74) is 2.06. The largest absolute Gasteiger partial charge is 0.463 e. The van der Waals surface area contributed by atoms with Crippen LogP contribution in [-0.2, 0) is 14.3 Å². The van der Waals surface area contributed by atoms with Crippen molar-refractivity contribution < 1.29 is 23.5 Å². The average Bonchev–Trinajstić information content (AvgIpc) is 3.71. The zero-order valence-electron chi connectivity index (χ0n) is 22.3. The summed E-state index contributed by atoms with van der Waals surface area (Å²) in [6, 6.07) is 13.8. The van der Waals surface area contributed by atoms with Crippen molar-refractivity contribution >= 4 is 40.7 Å². The first-order valence-electron chi connectivity index (χ1n) is 13.1. The minimum atomic E-state index is -0.607.